The first-order valence-electron chi connectivity index (χ1n) is 12.2. The van der Waals surface area contributed by atoms with Crippen LogP contribution in [0.3, 0.4) is 0 Å². The van der Waals surface area contributed by atoms with Gasteiger partial charge in [0.1, 0.15) is 16.7 Å². The molecular weight excluding hydrogens is 478 g/mol. The normalized spacial score (nSPS) is 10.3. The van der Waals surface area contributed by atoms with Crippen LogP contribution >= 0.6 is 24.0 Å². The molecular formula is C27H49N3O3S2. The van der Waals surface area contributed by atoms with Gasteiger partial charge in [-0.15, -0.1) is 11.3 Å². The first kappa shape index (κ1) is 37.6. The van der Waals surface area contributed by atoms with E-state index < -0.39 is 17.9 Å². The minimum atomic E-state index is -0.801. The van der Waals surface area contributed by atoms with Crippen molar-refractivity contribution in [2.24, 2.45) is 11.1 Å². The fourth-order valence-corrected chi connectivity index (χ4v) is 2.89. The number of carbonyl (C=O) groups excluding carboxylic acids is 2. The van der Waals surface area contributed by atoms with E-state index in [2.05, 4.69) is 69.2 Å². The van der Waals surface area contributed by atoms with Crippen LogP contribution in [-0.2, 0) is 16.1 Å². The number of nitrogens with zero attached hydrogens (tertiary/aromatic N) is 1. The first-order valence-corrected chi connectivity index (χ1v) is 13.8. The van der Waals surface area contributed by atoms with Crippen molar-refractivity contribution >= 4 is 35.8 Å². The number of aromatic nitrogens is 1. The fraction of sp³-hybridized carbons (Fsp3) is 0.593. The van der Waals surface area contributed by atoms with Gasteiger partial charge in [-0.3, -0.25) is 4.79 Å². The van der Waals surface area contributed by atoms with Crippen LogP contribution in [0.15, 0.2) is 29.6 Å². The van der Waals surface area contributed by atoms with E-state index in [9.17, 15) is 9.59 Å². The van der Waals surface area contributed by atoms with Gasteiger partial charge in [-0.1, -0.05) is 99.9 Å². The fourth-order valence-electron chi connectivity index (χ4n) is 1.85. The van der Waals surface area contributed by atoms with Crippen LogP contribution in [0.2, 0.25) is 0 Å². The van der Waals surface area contributed by atoms with E-state index in [-0.39, 0.29) is 11.4 Å². The summed E-state index contributed by atoms with van der Waals surface area (Å²) < 4.78 is 4.61. The molecule has 2 aromatic rings. The first-order chi connectivity index (χ1) is 16.5. The van der Waals surface area contributed by atoms with Crippen molar-refractivity contribution in [3.8, 4) is 10.6 Å². The molecule has 6 nitrogen and oxygen atoms in total. The number of hydrogen-bond donors (Lipinski definition) is 3. The van der Waals surface area contributed by atoms with Crippen LogP contribution < -0.4 is 11.1 Å². The number of benzene rings is 1. The summed E-state index contributed by atoms with van der Waals surface area (Å²) in [7, 11) is 1.26. The van der Waals surface area contributed by atoms with Crippen LogP contribution in [0.5, 0.6) is 0 Å². The number of nitrogens with one attached hydrogen (secondary N) is 1. The van der Waals surface area contributed by atoms with E-state index in [4.69, 9.17) is 5.73 Å². The van der Waals surface area contributed by atoms with Crippen LogP contribution in [-0.4, -0.2) is 35.8 Å². The largest absolute Gasteiger partial charge is 0.467 e. The Balaban J connectivity index is -0.000000722. The summed E-state index contributed by atoms with van der Waals surface area (Å²) in [5, 5.41) is 4.92. The third-order valence-corrected chi connectivity index (χ3v) is 4.40. The average molecular weight is 528 g/mol. The van der Waals surface area contributed by atoms with Crippen LogP contribution in [0, 0.1) is 5.41 Å². The maximum Gasteiger partial charge on any atom is 0.329 e. The highest BCUT2D eigenvalue weighted by atomic mass is 32.1. The van der Waals surface area contributed by atoms with E-state index in [0.717, 1.165) is 16.1 Å². The molecule has 1 atom stereocenters. The summed E-state index contributed by atoms with van der Waals surface area (Å²) in [6.45, 7) is 21.5. The van der Waals surface area contributed by atoms with Gasteiger partial charge in [-0.25, -0.2) is 9.78 Å². The quantitative estimate of drug-likeness (QED) is 0.278. The number of esters is 1. The summed E-state index contributed by atoms with van der Waals surface area (Å²) in [4.78, 5) is 27.9. The Kier molecular flexibility index (Phi) is 24.3. The highest BCUT2D eigenvalue weighted by Gasteiger charge is 2.22. The standard InChI is InChI=1S/C15H17N3O3S2.C5H12.C3H8.2C2H6/c1-21-15(20)11(7-22)17-13(19)12-8-23-14(18-12)10-4-2-9(6-16)3-5-10;1-5(2,3)4;1-3-2;2*1-2/h2-5,8,11,22H,6-7,16H2,1H3,(H,17,19);1-4H3;3H2,1-2H3;2*1-2H3. The predicted molar refractivity (Wildman–Crippen MR) is 156 cm³/mol. The zero-order valence-corrected chi connectivity index (χ0v) is 25.4. The van der Waals surface area contributed by atoms with Gasteiger partial charge in [0.25, 0.3) is 5.91 Å². The van der Waals surface area contributed by atoms with E-state index in [0.29, 0.717) is 12.0 Å². The van der Waals surface area contributed by atoms with E-state index >= 15 is 0 Å². The monoisotopic (exact) mass is 527 g/mol. The number of carbonyl (C=O) groups is 2. The zero-order chi connectivity index (χ0) is 28.0. The van der Waals surface area contributed by atoms with Gasteiger partial charge in [0, 0.05) is 23.2 Å². The number of ether oxygens (including phenoxy) is 1. The van der Waals surface area contributed by atoms with E-state index in [1.807, 2.05) is 52.0 Å². The molecule has 0 bridgehead atoms. The number of thiazole rings is 1. The molecule has 202 valence electrons. The lowest BCUT2D eigenvalue weighted by Gasteiger charge is -2.12. The Morgan fingerprint density at radius 3 is 1.91 bits per heavy atom. The van der Waals surface area contributed by atoms with Crippen molar-refractivity contribution in [3.05, 3.63) is 40.9 Å². The Hall–Kier alpha value is -1.90. The van der Waals surface area contributed by atoms with Gasteiger partial charge in [-0.2, -0.15) is 12.6 Å². The number of rotatable bonds is 6. The molecule has 8 heteroatoms. The predicted octanol–water partition coefficient (Wildman–Crippen LogP) is 6.99. The van der Waals surface area contributed by atoms with Crippen molar-refractivity contribution in [2.45, 2.75) is 88.2 Å². The zero-order valence-electron chi connectivity index (χ0n) is 23.7. The molecule has 1 unspecified atom stereocenters. The Bertz CT molecular complexity index is 780. The summed E-state index contributed by atoms with van der Waals surface area (Å²) in [6, 6.07) is 6.86. The molecule has 35 heavy (non-hydrogen) atoms. The highest BCUT2D eigenvalue weighted by molar-refractivity contribution is 7.80. The van der Waals surface area contributed by atoms with Crippen molar-refractivity contribution in [2.75, 3.05) is 12.9 Å². The summed E-state index contributed by atoms with van der Waals surface area (Å²) in [5.74, 6) is -0.827. The second kappa shape index (κ2) is 22.6. The van der Waals surface area contributed by atoms with Crippen molar-refractivity contribution in [1.29, 1.82) is 0 Å². The molecule has 1 amide bonds. The smallest absolute Gasteiger partial charge is 0.329 e. The van der Waals surface area contributed by atoms with Crippen LogP contribution in [0.4, 0.5) is 0 Å². The molecule has 0 aliphatic carbocycles. The minimum absolute atomic E-state index is 0.149. The Morgan fingerprint density at radius 1 is 1.09 bits per heavy atom. The molecule has 0 saturated heterocycles. The third kappa shape index (κ3) is 19.0. The maximum absolute atomic E-state index is 12.2. The second-order valence-electron chi connectivity index (χ2n) is 8.38. The van der Waals surface area contributed by atoms with Gasteiger partial charge < -0.3 is 15.8 Å². The number of amides is 1. The number of hydrogen-bond acceptors (Lipinski definition) is 7. The second-order valence-corrected chi connectivity index (χ2v) is 9.60. The molecule has 3 N–H and O–H groups in total. The van der Waals surface area contributed by atoms with Crippen molar-refractivity contribution < 1.29 is 14.3 Å². The number of nitrogens with two attached hydrogens (primary N) is 1. The maximum atomic E-state index is 12.2. The molecule has 0 aliphatic heterocycles. The minimum Gasteiger partial charge on any atom is -0.467 e. The topological polar surface area (TPSA) is 94.3 Å². The molecule has 1 aromatic heterocycles. The Labute approximate surface area is 223 Å². The Morgan fingerprint density at radius 2 is 1.54 bits per heavy atom. The molecule has 1 heterocycles. The summed E-state index contributed by atoms with van der Waals surface area (Å²) in [6.07, 6.45) is 1.25. The van der Waals surface area contributed by atoms with Crippen LogP contribution in [0.1, 0.15) is 91.7 Å². The lowest BCUT2D eigenvalue weighted by atomic mass is 10.0. The lowest BCUT2D eigenvalue weighted by Crippen LogP contribution is -2.43. The van der Waals surface area contributed by atoms with Crippen molar-refractivity contribution in [1.82, 2.24) is 10.3 Å². The molecule has 0 aliphatic rings. The average Bonchev–Trinajstić information content (AvgIpc) is 3.34. The lowest BCUT2D eigenvalue weighted by molar-refractivity contribution is -0.142. The van der Waals surface area contributed by atoms with Gasteiger partial charge in [-0.05, 0) is 11.0 Å². The van der Waals surface area contributed by atoms with Crippen LogP contribution in [0.25, 0.3) is 10.6 Å². The van der Waals surface area contributed by atoms with Gasteiger partial charge in [0.15, 0.2) is 0 Å². The SMILES string of the molecule is CC.CC.CC(C)(C)C.CCC.COC(=O)C(CS)NC(=O)c1csc(-c2ccc(CN)cc2)n1. The summed E-state index contributed by atoms with van der Waals surface area (Å²) >= 11 is 5.39. The molecule has 1 aromatic carbocycles. The number of thiol groups is 1. The van der Waals surface area contributed by atoms with Gasteiger partial charge >= 0.3 is 5.97 Å². The van der Waals surface area contributed by atoms with E-state index in [1.165, 1.54) is 24.9 Å². The molecule has 2 rings (SSSR count). The highest BCUT2D eigenvalue weighted by Crippen LogP contribution is 2.24. The molecule has 0 spiro atoms. The summed E-state index contributed by atoms with van der Waals surface area (Å²) in [5.41, 5.74) is 8.25. The number of methoxy groups -OCH3 is 1. The van der Waals surface area contributed by atoms with Gasteiger partial charge in [0.2, 0.25) is 0 Å². The molecule has 0 saturated carbocycles. The molecule has 0 radical (unpaired) electrons. The third-order valence-electron chi connectivity index (χ3n) is 3.15. The van der Waals surface area contributed by atoms with E-state index in [1.54, 1.807) is 5.38 Å². The van der Waals surface area contributed by atoms with Crippen molar-refractivity contribution in [3.63, 3.8) is 0 Å². The van der Waals surface area contributed by atoms with Gasteiger partial charge in [0.05, 0.1) is 7.11 Å². The molecule has 0 fully saturated rings.